The molecule has 2 amide bonds. The second-order valence-corrected chi connectivity index (χ2v) is 9.42. The molecule has 4 atom stereocenters. The first-order chi connectivity index (χ1) is 13.9. The fourth-order valence-electron chi connectivity index (χ4n) is 5.73. The Morgan fingerprint density at radius 2 is 2.07 bits per heavy atom. The summed E-state index contributed by atoms with van der Waals surface area (Å²) in [4.78, 5) is 30.1. The number of likely N-dealkylation sites (tertiary alicyclic amines) is 1. The minimum Gasteiger partial charge on any atom is -0.350 e. The third kappa shape index (κ3) is 4.32. The van der Waals surface area contributed by atoms with E-state index in [1.165, 1.54) is 12.1 Å². The van der Waals surface area contributed by atoms with Crippen molar-refractivity contribution < 1.29 is 14.0 Å². The lowest BCUT2D eigenvalue weighted by atomic mass is 9.72. The van der Waals surface area contributed by atoms with Crippen molar-refractivity contribution in [3.05, 3.63) is 35.6 Å². The number of amides is 2. The Morgan fingerprint density at radius 1 is 1.28 bits per heavy atom. The summed E-state index contributed by atoms with van der Waals surface area (Å²) in [5, 5.41) is 2.99. The Kier molecular flexibility index (Phi) is 5.91. The molecule has 3 saturated heterocycles. The fourth-order valence-corrected chi connectivity index (χ4v) is 5.73. The van der Waals surface area contributed by atoms with Crippen molar-refractivity contribution in [2.24, 2.45) is 17.8 Å². The summed E-state index contributed by atoms with van der Waals surface area (Å²) >= 11 is 0. The van der Waals surface area contributed by atoms with Gasteiger partial charge in [-0.25, -0.2) is 4.39 Å². The van der Waals surface area contributed by atoms with Crippen LogP contribution >= 0.6 is 0 Å². The van der Waals surface area contributed by atoms with Crippen molar-refractivity contribution in [2.45, 2.75) is 51.6 Å². The molecule has 0 saturated carbocycles. The lowest BCUT2D eigenvalue weighted by molar-refractivity contribution is -0.152. The van der Waals surface area contributed by atoms with Gasteiger partial charge in [0.1, 0.15) is 5.82 Å². The maximum atomic E-state index is 13.5. The van der Waals surface area contributed by atoms with Gasteiger partial charge in [-0.1, -0.05) is 19.9 Å². The number of benzene rings is 1. The summed E-state index contributed by atoms with van der Waals surface area (Å²) in [6.45, 7) is 8.06. The molecule has 3 aliphatic rings. The lowest BCUT2D eigenvalue weighted by Crippen LogP contribution is -2.67. The van der Waals surface area contributed by atoms with Crippen molar-refractivity contribution in [3.8, 4) is 0 Å². The highest BCUT2D eigenvalue weighted by atomic mass is 19.1. The molecular weight excluding hydrogens is 369 g/mol. The standard InChI is InChI=1S/C23H32FN3O2/c1-15(2)12-26-13-17-9-18(14-26)21(27-20(17)7-4-8-22(27)28)11-25-23(29)16-5-3-6-19(24)10-16/h3,5-6,10,15,17-18,20-21H,4,7-9,11-14H2,1-2H3,(H,25,29)/t17-,18+,20+,21+/m1/s1. The van der Waals surface area contributed by atoms with Crippen LogP contribution in [0.1, 0.15) is 49.9 Å². The second kappa shape index (κ2) is 8.42. The number of nitrogens with one attached hydrogen (secondary N) is 1. The van der Waals surface area contributed by atoms with Crippen LogP contribution in [-0.4, -0.2) is 59.9 Å². The van der Waals surface area contributed by atoms with Crippen LogP contribution in [0.15, 0.2) is 24.3 Å². The highest BCUT2D eigenvalue weighted by Crippen LogP contribution is 2.41. The average Bonchev–Trinajstić information content (AvgIpc) is 2.67. The van der Waals surface area contributed by atoms with Gasteiger partial charge in [-0.2, -0.15) is 0 Å². The van der Waals surface area contributed by atoms with E-state index in [1.807, 2.05) is 0 Å². The molecule has 6 heteroatoms. The second-order valence-electron chi connectivity index (χ2n) is 9.42. The maximum Gasteiger partial charge on any atom is 0.251 e. The Labute approximate surface area is 172 Å². The fraction of sp³-hybridized carbons (Fsp3) is 0.652. The molecule has 29 heavy (non-hydrogen) atoms. The molecular formula is C23H32FN3O2. The number of fused-ring (bicyclic) bond motifs is 4. The van der Waals surface area contributed by atoms with Gasteiger partial charge in [0.05, 0.1) is 6.04 Å². The molecule has 1 N–H and O–H groups in total. The van der Waals surface area contributed by atoms with Gasteiger partial charge in [0.15, 0.2) is 0 Å². The topological polar surface area (TPSA) is 52.7 Å². The van der Waals surface area contributed by atoms with E-state index in [2.05, 4.69) is 29.0 Å². The van der Waals surface area contributed by atoms with Crippen molar-refractivity contribution in [1.82, 2.24) is 15.1 Å². The normalized spacial score (nSPS) is 29.7. The van der Waals surface area contributed by atoms with E-state index in [0.717, 1.165) is 38.9 Å². The third-order valence-electron chi connectivity index (χ3n) is 6.75. The molecule has 3 heterocycles. The summed E-state index contributed by atoms with van der Waals surface area (Å²) in [7, 11) is 0. The van der Waals surface area contributed by atoms with E-state index < -0.39 is 5.82 Å². The van der Waals surface area contributed by atoms with E-state index in [-0.39, 0.29) is 17.9 Å². The van der Waals surface area contributed by atoms with Gasteiger partial charge in [0, 0.05) is 44.2 Å². The molecule has 0 aliphatic carbocycles. The van der Waals surface area contributed by atoms with Gasteiger partial charge >= 0.3 is 0 Å². The van der Waals surface area contributed by atoms with E-state index >= 15 is 0 Å². The first-order valence-corrected chi connectivity index (χ1v) is 11.0. The predicted molar refractivity (Wildman–Crippen MR) is 110 cm³/mol. The zero-order valence-electron chi connectivity index (χ0n) is 17.4. The zero-order chi connectivity index (χ0) is 20.5. The molecule has 0 spiro atoms. The summed E-state index contributed by atoms with van der Waals surface area (Å²) in [6.07, 6.45) is 3.77. The molecule has 2 bridgehead atoms. The molecule has 4 rings (SSSR count). The highest BCUT2D eigenvalue weighted by molar-refractivity contribution is 5.94. The molecule has 3 fully saturated rings. The van der Waals surface area contributed by atoms with Crippen molar-refractivity contribution in [1.29, 1.82) is 0 Å². The Bertz CT molecular complexity index is 768. The molecule has 3 aliphatic heterocycles. The highest BCUT2D eigenvalue weighted by Gasteiger charge is 2.49. The van der Waals surface area contributed by atoms with E-state index in [4.69, 9.17) is 0 Å². The Balaban J connectivity index is 1.51. The van der Waals surface area contributed by atoms with Gasteiger partial charge in [-0.15, -0.1) is 0 Å². The minimum atomic E-state index is -0.416. The van der Waals surface area contributed by atoms with E-state index in [9.17, 15) is 14.0 Å². The maximum absolute atomic E-state index is 13.5. The van der Waals surface area contributed by atoms with Gasteiger partial charge in [0.25, 0.3) is 5.91 Å². The van der Waals surface area contributed by atoms with Crippen LogP contribution in [0.2, 0.25) is 0 Å². The first kappa shape index (κ1) is 20.3. The largest absolute Gasteiger partial charge is 0.350 e. The van der Waals surface area contributed by atoms with Gasteiger partial charge < -0.3 is 15.1 Å². The molecule has 5 nitrogen and oxygen atoms in total. The number of rotatable bonds is 5. The van der Waals surface area contributed by atoms with Crippen LogP contribution in [0.4, 0.5) is 4.39 Å². The van der Waals surface area contributed by atoms with Crippen molar-refractivity contribution >= 4 is 11.8 Å². The smallest absolute Gasteiger partial charge is 0.251 e. The Morgan fingerprint density at radius 3 is 2.83 bits per heavy atom. The summed E-state index contributed by atoms with van der Waals surface area (Å²) < 4.78 is 13.5. The van der Waals surface area contributed by atoms with Crippen molar-refractivity contribution in [2.75, 3.05) is 26.2 Å². The molecule has 0 radical (unpaired) electrons. The van der Waals surface area contributed by atoms with Crippen LogP contribution in [0.3, 0.4) is 0 Å². The quantitative estimate of drug-likeness (QED) is 0.825. The molecule has 0 unspecified atom stereocenters. The monoisotopic (exact) mass is 401 g/mol. The van der Waals surface area contributed by atoms with Crippen LogP contribution in [0.5, 0.6) is 0 Å². The minimum absolute atomic E-state index is 0.0246. The van der Waals surface area contributed by atoms with Gasteiger partial charge in [-0.05, 0) is 55.2 Å². The molecule has 1 aromatic carbocycles. The van der Waals surface area contributed by atoms with Crippen LogP contribution in [0, 0.1) is 23.6 Å². The van der Waals surface area contributed by atoms with Crippen LogP contribution < -0.4 is 5.32 Å². The zero-order valence-corrected chi connectivity index (χ0v) is 17.4. The molecule has 158 valence electrons. The van der Waals surface area contributed by atoms with E-state index in [1.54, 1.807) is 12.1 Å². The predicted octanol–water partition coefficient (Wildman–Crippen LogP) is 2.91. The van der Waals surface area contributed by atoms with Crippen LogP contribution in [-0.2, 0) is 4.79 Å². The van der Waals surface area contributed by atoms with E-state index in [0.29, 0.717) is 42.3 Å². The number of hydrogen-bond acceptors (Lipinski definition) is 3. The number of nitrogens with zero attached hydrogens (tertiary/aromatic N) is 2. The van der Waals surface area contributed by atoms with Gasteiger partial charge in [-0.3, -0.25) is 9.59 Å². The lowest BCUT2D eigenvalue weighted by Gasteiger charge is -2.57. The van der Waals surface area contributed by atoms with Crippen molar-refractivity contribution in [3.63, 3.8) is 0 Å². The third-order valence-corrected chi connectivity index (χ3v) is 6.75. The number of carbonyl (C=O) groups is 2. The molecule has 0 aromatic heterocycles. The Hall–Kier alpha value is -1.95. The number of piperidine rings is 3. The molecule has 1 aromatic rings. The number of hydrogen-bond donors (Lipinski definition) is 1. The number of carbonyl (C=O) groups excluding carboxylic acids is 2. The SMILES string of the molecule is CC(C)CN1C[C@H]2C[C@@H](C1)[C@H](CNC(=O)c1cccc(F)c1)N1C(=O)CCC[C@@H]21. The van der Waals surface area contributed by atoms with Gasteiger partial charge in [0.2, 0.25) is 5.91 Å². The number of halogens is 1. The summed E-state index contributed by atoms with van der Waals surface area (Å²) in [6, 6.07) is 6.07. The average molecular weight is 402 g/mol. The summed E-state index contributed by atoms with van der Waals surface area (Å²) in [5.74, 6) is 1.07. The summed E-state index contributed by atoms with van der Waals surface area (Å²) in [5.41, 5.74) is 0.324. The first-order valence-electron chi connectivity index (χ1n) is 11.0. The van der Waals surface area contributed by atoms with Crippen LogP contribution in [0.25, 0.3) is 0 Å².